The first-order valence-corrected chi connectivity index (χ1v) is 23.4. The molecule has 5 rings (SSSR count). The van der Waals surface area contributed by atoms with Gasteiger partial charge in [-0.1, -0.05) is 0 Å². The molecule has 0 amide bonds. The van der Waals surface area contributed by atoms with Crippen LogP contribution in [0.5, 0.6) is 0 Å². The number of phosphoric acid groups is 2. The van der Waals surface area contributed by atoms with E-state index >= 15 is 0 Å². The molecule has 1 unspecified atom stereocenters. The standard InChI is InChI=1S/C32H60N2O31P2/c33-1-2-55-67(52,53)57-6-11-17(40)22(45)27(64-29-23(46)19(42)14(37)8(3-35)59-29)32(62-11)65-26-21(44)15(38)9(4-36)60-31(26)54-5-10-16(39)20(43)24(47)30(61-10)63-25-12(7-56-66(49,50)51)58-28(48)13(34)18(25)41/h8-32,35-48H,1-7,33-34H2,(H,52,53)(H2,49,50,51)/t8-,9-,10-,11-,12-,13-,14-,15-,16-,17-,18-,19+,20+,21+,22+,23+,24+,25-,26+,27+,28+,29-,30-,31+,32-/m1/s1. The minimum atomic E-state index is -5.18. The maximum absolute atomic E-state index is 12.4. The summed E-state index contributed by atoms with van der Waals surface area (Å²) in [4.78, 5) is 28.4. The first-order chi connectivity index (χ1) is 31.3. The van der Waals surface area contributed by atoms with Crippen molar-refractivity contribution in [3.63, 3.8) is 0 Å². The highest BCUT2D eigenvalue weighted by atomic mass is 31.2. The van der Waals surface area contributed by atoms with Gasteiger partial charge in [0.25, 0.3) is 0 Å². The van der Waals surface area contributed by atoms with Crippen LogP contribution in [0.3, 0.4) is 0 Å². The van der Waals surface area contributed by atoms with Crippen LogP contribution in [0.2, 0.25) is 0 Å². The number of hydrogen-bond acceptors (Lipinski definition) is 30. The Kier molecular flexibility index (Phi) is 20.7. The quantitative estimate of drug-likeness (QED) is 0.0504. The van der Waals surface area contributed by atoms with E-state index in [1.165, 1.54) is 0 Å². The average Bonchev–Trinajstić information content (AvgIpc) is 3.28. The molecule has 0 bridgehead atoms. The lowest BCUT2D eigenvalue weighted by Gasteiger charge is -2.49. The van der Waals surface area contributed by atoms with Crippen LogP contribution in [0.1, 0.15) is 0 Å². The minimum absolute atomic E-state index is 0.218. The van der Waals surface area contributed by atoms with E-state index in [2.05, 4.69) is 9.05 Å². The molecule has 67 heavy (non-hydrogen) atoms. The lowest BCUT2D eigenvalue weighted by atomic mass is 9.96. The number of hydrogen-bond donors (Lipinski definition) is 19. The van der Waals surface area contributed by atoms with Crippen molar-refractivity contribution in [2.45, 2.75) is 153 Å². The Morgan fingerprint density at radius 1 is 0.448 bits per heavy atom. The second kappa shape index (κ2) is 24.3. The fourth-order valence-electron chi connectivity index (χ4n) is 7.43. The van der Waals surface area contributed by atoms with Crippen LogP contribution in [-0.2, 0) is 65.3 Å². The number of ether oxygens (including phenoxy) is 9. The van der Waals surface area contributed by atoms with Crippen molar-refractivity contribution in [1.29, 1.82) is 0 Å². The third-order valence-corrected chi connectivity index (χ3v) is 12.7. The summed E-state index contributed by atoms with van der Waals surface area (Å²) in [5.41, 5.74) is 11.0. The summed E-state index contributed by atoms with van der Waals surface area (Å²) in [6, 6.07) is -1.62. The molecule has 5 aliphatic heterocycles. The summed E-state index contributed by atoms with van der Waals surface area (Å²) in [6.45, 7) is -5.67. The van der Waals surface area contributed by atoms with Gasteiger partial charge in [0.1, 0.15) is 116 Å². The Labute approximate surface area is 378 Å². The topological polar surface area (TPSA) is 541 Å². The van der Waals surface area contributed by atoms with E-state index in [1.807, 2.05) is 0 Å². The van der Waals surface area contributed by atoms with E-state index in [0.717, 1.165) is 0 Å². The van der Waals surface area contributed by atoms with Crippen molar-refractivity contribution in [3.05, 3.63) is 0 Å². The van der Waals surface area contributed by atoms with Crippen molar-refractivity contribution >= 4 is 15.6 Å². The van der Waals surface area contributed by atoms with Crippen molar-refractivity contribution in [2.75, 3.05) is 46.2 Å². The van der Waals surface area contributed by atoms with Crippen molar-refractivity contribution < 1.29 is 152 Å². The number of nitrogens with two attached hydrogens (primary N) is 2. The molecular weight excluding hydrogens is 970 g/mol. The first kappa shape index (κ1) is 57.1. The zero-order valence-corrected chi connectivity index (χ0v) is 36.5. The highest BCUT2D eigenvalue weighted by molar-refractivity contribution is 7.47. The maximum atomic E-state index is 12.4. The predicted molar refractivity (Wildman–Crippen MR) is 203 cm³/mol. The molecule has 33 nitrogen and oxygen atoms in total. The molecule has 0 aromatic rings. The summed E-state index contributed by atoms with van der Waals surface area (Å²) in [5, 5.41) is 149. The molecule has 0 aromatic heterocycles. The van der Waals surface area contributed by atoms with Crippen molar-refractivity contribution in [1.82, 2.24) is 0 Å². The third-order valence-electron chi connectivity index (χ3n) is 11.2. The summed E-state index contributed by atoms with van der Waals surface area (Å²) in [5.74, 6) is 0. The molecule has 0 saturated carbocycles. The Morgan fingerprint density at radius 2 is 0.881 bits per heavy atom. The maximum Gasteiger partial charge on any atom is 0.472 e. The third kappa shape index (κ3) is 13.8. The molecule has 0 radical (unpaired) electrons. The van der Waals surface area contributed by atoms with Crippen LogP contribution in [-0.4, -0.2) is 286 Å². The fraction of sp³-hybridized carbons (Fsp3) is 1.00. The van der Waals surface area contributed by atoms with Gasteiger partial charge in [0.2, 0.25) is 0 Å². The van der Waals surface area contributed by atoms with E-state index < -0.39 is 209 Å². The Hall–Kier alpha value is -0.780. The molecule has 5 fully saturated rings. The molecular formula is C32H60N2O31P2. The average molecular weight is 1030 g/mol. The van der Waals surface area contributed by atoms with Crippen LogP contribution in [0.25, 0.3) is 0 Å². The molecule has 394 valence electrons. The summed E-state index contributed by atoms with van der Waals surface area (Å²) < 4.78 is 88.2. The summed E-state index contributed by atoms with van der Waals surface area (Å²) >= 11 is 0. The Morgan fingerprint density at radius 3 is 1.43 bits per heavy atom. The van der Waals surface area contributed by atoms with Crippen LogP contribution in [0.4, 0.5) is 0 Å². The first-order valence-electron chi connectivity index (χ1n) is 20.4. The van der Waals surface area contributed by atoms with E-state index in [4.69, 9.17) is 58.6 Å². The van der Waals surface area contributed by atoms with Crippen LogP contribution < -0.4 is 11.5 Å². The van der Waals surface area contributed by atoms with Gasteiger partial charge in [0.15, 0.2) is 31.5 Å². The molecule has 5 aliphatic rings. The summed E-state index contributed by atoms with van der Waals surface area (Å²) in [7, 11) is -10.1. The molecule has 26 atom stereocenters. The van der Waals surface area contributed by atoms with E-state index in [1.54, 1.807) is 0 Å². The molecule has 5 saturated heterocycles. The highest BCUT2D eigenvalue weighted by Gasteiger charge is 2.56. The Balaban J connectivity index is 1.39. The van der Waals surface area contributed by atoms with Crippen LogP contribution in [0.15, 0.2) is 0 Å². The zero-order chi connectivity index (χ0) is 49.9. The highest BCUT2D eigenvalue weighted by Crippen LogP contribution is 2.44. The summed E-state index contributed by atoms with van der Waals surface area (Å²) in [6.07, 6.45) is -47.9. The molecule has 21 N–H and O–H groups in total. The van der Waals surface area contributed by atoms with Crippen molar-refractivity contribution in [2.24, 2.45) is 11.5 Å². The number of rotatable bonds is 20. The molecule has 5 heterocycles. The van der Waals surface area contributed by atoms with E-state index in [0.29, 0.717) is 0 Å². The second-order valence-electron chi connectivity index (χ2n) is 15.9. The minimum Gasteiger partial charge on any atom is -0.394 e. The lowest BCUT2D eigenvalue weighted by molar-refractivity contribution is -0.396. The molecule has 35 heteroatoms. The van der Waals surface area contributed by atoms with Gasteiger partial charge in [-0.15, -0.1) is 0 Å². The monoisotopic (exact) mass is 1030 g/mol. The number of aliphatic hydroxyl groups is 14. The zero-order valence-electron chi connectivity index (χ0n) is 34.8. The van der Waals surface area contributed by atoms with Gasteiger partial charge in [0, 0.05) is 6.54 Å². The van der Waals surface area contributed by atoms with Gasteiger partial charge >= 0.3 is 15.6 Å². The smallest absolute Gasteiger partial charge is 0.394 e. The lowest BCUT2D eigenvalue weighted by Crippen LogP contribution is -2.67. The number of aliphatic hydroxyl groups excluding tert-OH is 14. The van der Waals surface area contributed by atoms with Gasteiger partial charge in [-0.2, -0.15) is 0 Å². The van der Waals surface area contributed by atoms with Gasteiger partial charge in [-0.3, -0.25) is 13.6 Å². The largest absolute Gasteiger partial charge is 0.472 e. The van der Waals surface area contributed by atoms with Gasteiger partial charge in [-0.05, 0) is 0 Å². The second-order valence-corrected chi connectivity index (χ2v) is 18.6. The normalized spacial score (nSPS) is 47.7. The fourth-order valence-corrected chi connectivity index (χ4v) is 8.52. The molecule has 0 spiro atoms. The van der Waals surface area contributed by atoms with Gasteiger partial charge in [0.05, 0.1) is 45.7 Å². The predicted octanol–water partition coefficient (Wildman–Crippen LogP) is -11.7. The van der Waals surface area contributed by atoms with Crippen molar-refractivity contribution in [3.8, 4) is 0 Å². The van der Waals surface area contributed by atoms with Gasteiger partial charge in [-0.25, -0.2) is 9.13 Å². The molecule has 0 aromatic carbocycles. The van der Waals surface area contributed by atoms with Crippen LogP contribution >= 0.6 is 15.6 Å². The SMILES string of the molecule is NCCOP(=O)(O)OC[C@H]1O[C@H](O[C@@H]2[C@@H](OC[C@H]3O[C@H](O[C@H]4[C@H](O)[C@@H](N)[C@@H](O)O[C@@H]4COP(=O)(O)O)[C@@H](O)[C@@H](O)[C@@H]3O)O[C@H](CO)[C@@H](O)[C@@H]2O)[C@@H](O[C@H]2O[C@H](CO)[C@@H](O)[C@H](O)[C@@H]2O)[C@@H](O)[C@@H]1O. The van der Waals surface area contributed by atoms with E-state index in [-0.39, 0.29) is 6.54 Å². The van der Waals surface area contributed by atoms with Gasteiger partial charge < -0.3 is 140 Å². The van der Waals surface area contributed by atoms with E-state index in [9.17, 15) is 95.3 Å². The van der Waals surface area contributed by atoms with Crippen LogP contribution in [0, 0.1) is 0 Å². The number of phosphoric ester groups is 2. The Bertz CT molecular complexity index is 1630. The molecule has 0 aliphatic carbocycles.